The average Bonchev–Trinajstić information content (AvgIpc) is 3.40. The molecular weight excluding hydrogens is 272 g/mol. The summed E-state index contributed by atoms with van der Waals surface area (Å²) in [5.41, 5.74) is 2.17. The van der Waals surface area contributed by atoms with E-state index in [0.717, 1.165) is 36.1 Å². The van der Waals surface area contributed by atoms with E-state index in [0.29, 0.717) is 6.04 Å². The van der Waals surface area contributed by atoms with Gasteiger partial charge < -0.3 is 10.2 Å². The van der Waals surface area contributed by atoms with Crippen molar-refractivity contribution >= 4 is 11.8 Å². The number of piperidine rings is 1. The number of hydrogen-bond acceptors (Lipinski definition) is 4. The van der Waals surface area contributed by atoms with E-state index in [4.69, 9.17) is 9.97 Å². The Morgan fingerprint density at radius 1 is 0.955 bits per heavy atom. The summed E-state index contributed by atoms with van der Waals surface area (Å²) in [6.45, 7) is 2.14. The third kappa shape index (κ3) is 3.06. The van der Waals surface area contributed by atoms with Crippen molar-refractivity contribution in [3.63, 3.8) is 0 Å². The fraction of sp³-hybridized carbons (Fsp3) is 0.444. The quantitative estimate of drug-likeness (QED) is 0.933. The third-order valence-corrected chi connectivity index (χ3v) is 4.35. The van der Waals surface area contributed by atoms with Gasteiger partial charge in [-0.1, -0.05) is 30.3 Å². The Hall–Kier alpha value is -2.10. The van der Waals surface area contributed by atoms with Crippen LogP contribution in [0, 0.1) is 0 Å². The minimum Gasteiger partial charge on any atom is -0.367 e. The number of hydrogen-bond donors (Lipinski definition) is 1. The van der Waals surface area contributed by atoms with E-state index in [1.807, 2.05) is 6.07 Å². The van der Waals surface area contributed by atoms with Gasteiger partial charge in [0.25, 0.3) is 0 Å². The van der Waals surface area contributed by atoms with Crippen LogP contribution < -0.4 is 10.2 Å². The topological polar surface area (TPSA) is 41.1 Å². The Balaban J connectivity index is 1.69. The van der Waals surface area contributed by atoms with Crippen molar-refractivity contribution in [1.82, 2.24) is 9.97 Å². The molecule has 2 fully saturated rings. The van der Waals surface area contributed by atoms with E-state index in [1.54, 1.807) is 0 Å². The molecule has 4 heteroatoms. The maximum Gasteiger partial charge on any atom is 0.227 e. The van der Waals surface area contributed by atoms with Crippen molar-refractivity contribution < 1.29 is 0 Å². The van der Waals surface area contributed by atoms with Crippen LogP contribution in [0.15, 0.2) is 36.4 Å². The van der Waals surface area contributed by atoms with Gasteiger partial charge in [-0.3, -0.25) is 0 Å². The Bertz CT molecular complexity index is 631. The monoisotopic (exact) mass is 294 g/mol. The molecule has 0 amide bonds. The minimum atomic E-state index is 0.604. The van der Waals surface area contributed by atoms with Crippen LogP contribution in [0.3, 0.4) is 0 Å². The predicted octanol–water partition coefficient (Wildman–Crippen LogP) is 3.71. The van der Waals surface area contributed by atoms with E-state index < -0.39 is 0 Å². The van der Waals surface area contributed by atoms with E-state index in [9.17, 15) is 0 Å². The molecule has 1 saturated carbocycles. The zero-order valence-corrected chi connectivity index (χ0v) is 12.8. The Morgan fingerprint density at radius 3 is 2.45 bits per heavy atom. The molecule has 4 rings (SSSR count). The summed E-state index contributed by atoms with van der Waals surface area (Å²) >= 11 is 0. The summed E-state index contributed by atoms with van der Waals surface area (Å²) in [7, 11) is 0. The van der Waals surface area contributed by atoms with Crippen LogP contribution in [0.5, 0.6) is 0 Å². The van der Waals surface area contributed by atoms with Crippen molar-refractivity contribution in [3.8, 4) is 11.3 Å². The molecule has 0 unspecified atom stereocenters. The predicted molar refractivity (Wildman–Crippen MR) is 90.2 cm³/mol. The zero-order chi connectivity index (χ0) is 14.8. The average molecular weight is 294 g/mol. The van der Waals surface area contributed by atoms with Crippen LogP contribution in [0.4, 0.5) is 11.8 Å². The van der Waals surface area contributed by atoms with Crippen molar-refractivity contribution in [2.24, 2.45) is 0 Å². The Labute approximate surface area is 131 Å². The summed E-state index contributed by atoms with van der Waals surface area (Å²) in [6, 6.07) is 13.1. The summed E-state index contributed by atoms with van der Waals surface area (Å²) in [6.07, 6.45) is 6.31. The standard InChI is InChI=1S/C18H22N4/c1-3-7-14(8-4-1)16-13-17(19-15-9-10-15)21-18(20-16)22-11-5-2-6-12-22/h1,3-4,7-8,13,15H,2,5-6,9-12H2,(H,19,20,21). The molecular formula is C18H22N4. The molecule has 0 atom stereocenters. The maximum atomic E-state index is 4.83. The van der Waals surface area contributed by atoms with Gasteiger partial charge in [-0.15, -0.1) is 0 Å². The van der Waals surface area contributed by atoms with E-state index in [-0.39, 0.29) is 0 Å². The van der Waals surface area contributed by atoms with Gasteiger partial charge in [-0.05, 0) is 32.1 Å². The minimum absolute atomic E-state index is 0.604. The molecule has 1 aliphatic carbocycles. The maximum absolute atomic E-state index is 4.83. The van der Waals surface area contributed by atoms with Crippen LogP contribution in [0.2, 0.25) is 0 Å². The highest BCUT2D eigenvalue weighted by atomic mass is 15.3. The Morgan fingerprint density at radius 2 is 1.73 bits per heavy atom. The lowest BCUT2D eigenvalue weighted by Gasteiger charge is -2.27. The molecule has 2 aliphatic rings. The molecule has 1 saturated heterocycles. The SMILES string of the molecule is c1ccc(-c2cc(NC3CC3)nc(N3CCCCC3)n2)cc1. The van der Waals surface area contributed by atoms with Gasteiger partial charge in [0.05, 0.1) is 5.69 Å². The number of rotatable bonds is 4. The molecule has 0 spiro atoms. The van der Waals surface area contributed by atoms with Gasteiger partial charge in [0, 0.05) is 30.8 Å². The lowest BCUT2D eigenvalue weighted by molar-refractivity contribution is 0.568. The van der Waals surface area contributed by atoms with E-state index >= 15 is 0 Å². The van der Waals surface area contributed by atoms with Crippen molar-refractivity contribution in [2.45, 2.75) is 38.1 Å². The fourth-order valence-corrected chi connectivity index (χ4v) is 2.94. The molecule has 0 radical (unpaired) electrons. The molecule has 4 nitrogen and oxygen atoms in total. The lowest BCUT2D eigenvalue weighted by atomic mass is 10.1. The molecule has 1 aromatic heterocycles. The van der Waals surface area contributed by atoms with Crippen LogP contribution >= 0.6 is 0 Å². The van der Waals surface area contributed by atoms with Crippen LogP contribution in [0.25, 0.3) is 11.3 Å². The largest absolute Gasteiger partial charge is 0.367 e. The molecule has 1 aromatic carbocycles. The van der Waals surface area contributed by atoms with Gasteiger partial charge >= 0.3 is 0 Å². The van der Waals surface area contributed by atoms with Crippen LogP contribution in [0.1, 0.15) is 32.1 Å². The smallest absolute Gasteiger partial charge is 0.227 e. The van der Waals surface area contributed by atoms with Gasteiger partial charge in [0.15, 0.2) is 0 Å². The summed E-state index contributed by atoms with van der Waals surface area (Å²) in [5, 5.41) is 3.53. The third-order valence-electron chi connectivity index (χ3n) is 4.35. The summed E-state index contributed by atoms with van der Waals surface area (Å²) in [5.74, 6) is 1.85. The van der Waals surface area contributed by atoms with Crippen LogP contribution in [-0.2, 0) is 0 Å². The first kappa shape index (κ1) is 13.6. The molecule has 2 aromatic rings. The van der Waals surface area contributed by atoms with Crippen molar-refractivity contribution in [2.75, 3.05) is 23.3 Å². The lowest BCUT2D eigenvalue weighted by Crippen LogP contribution is -2.31. The first-order valence-electron chi connectivity index (χ1n) is 8.34. The van der Waals surface area contributed by atoms with Crippen LogP contribution in [-0.4, -0.2) is 29.1 Å². The van der Waals surface area contributed by atoms with Gasteiger partial charge in [0.1, 0.15) is 5.82 Å². The first-order chi connectivity index (χ1) is 10.9. The highest BCUT2D eigenvalue weighted by molar-refractivity contribution is 5.64. The van der Waals surface area contributed by atoms with Crippen molar-refractivity contribution in [1.29, 1.82) is 0 Å². The summed E-state index contributed by atoms with van der Waals surface area (Å²) < 4.78 is 0. The second kappa shape index (κ2) is 5.95. The number of nitrogens with zero attached hydrogens (tertiary/aromatic N) is 3. The molecule has 0 bridgehead atoms. The van der Waals surface area contributed by atoms with Crippen molar-refractivity contribution in [3.05, 3.63) is 36.4 Å². The number of aromatic nitrogens is 2. The second-order valence-corrected chi connectivity index (χ2v) is 6.27. The normalized spacial score (nSPS) is 18.3. The van der Waals surface area contributed by atoms with E-state index in [1.165, 1.54) is 32.1 Å². The second-order valence-electron chi connectivity index (χ2n) is 6.27. The number of anilines is 2. The highest BCUT2D eigenvalue weighted by Crippen LogP contribution is 2.28. The van der Waals surface area contributed by atoms with Gasteiger partial charge in [0.2, 0.25) is 5.95 Å². The first-order valence-corrected chi connectivity index (χ1v) is 8.34. The van der Waals surface area contributed by atoms with Gasteiger partial charge in [-0.2, -0.15) is 4.98 Å². The molecule has 1 N–H and O–H groups in total. The number of benzene rings is 1. The summed E-state index contributed by atoms with van der Waals surface area (Å²) in [4.78, 5) is 11.9. The number of nitrogens with one attached hydrogen (secondary N) is 1. The fourth-order valence-electron chi connectivity index (χ4n) is 2.94. The van der Waals surface area contributed by atoms with E-state index in [2.05, 4.69) is 40.5 Å². The molecule has 1 aliphatic heterocycles. The highest BCUT2D eigenvalue weighted by Gasteiger charge is 2.23. The molecule has 22 heavy (non-hydrogen) atoms. The Kier molecular flexibility index (Phi) is 3.67. The molecule has 2 heterocycles. The molecule has 114 valence electrons. The van der Waals surface area contributed by atoms with Gasteiger partial charge in [-0.25, -0.2) is 4.98 Å². The zero-order valence-electron chi connectivity index (χ0n) is 12.8.